The molecule has 1 aromatic carbocycles. The molecule has 24 heavy (non-hydrogen) atoms. The number of morpholine rings is 1. The first-order chi connectivity index (χ1) is 11.7. The second-order valence-corrected chi connectivity index (χ2v) is 6.29. The molecule has 126 valence electrons. The number of rotatable bonds is 5. The number of hydrogen-bond donors (Lipinski definition) is 0. The summed E-state index contributed by atoms with van der Waals surface area (Å²) in [5, 5.41) is 0. The molecule has 2 aromatic rings. The first-order valence-electron chi connectivity index (χ1n) is 8.61. The monoisotopic (exact) mass is 324 g/mol. The fourth-order valence-electron chi connectivity index (χ4n) is 3.08. The predicted molar refractivity (Wildman–Crippen MR) is 94.0 cm³/mol. The maximum Gasteiger partial charge on any atom is 0.272 e. The zero-order valence-electron chi connectivity index (χ0n) is 14.1. The number of amides is 1. The molecule has 3 rings (SSSR count). The van der Waals surface area contributed by atoms with E-state index in [4.69, 9.17) is 4.74 Å². The first-order valence-corrected chi connectivity index (χ1v) is 8.61. The maximum absolute atomic E-state index is 12.6. The second kappa shape index (κ2) is 8.06. The van der Waals surface area contributed by atoms with Crippen LogP contribution in [0.5, 0.6) is 0 Å². The van der Waals surface area contributed by atoms with Gasteiger partial charge < -0.3 is 9.64 Å². The third-order valence-corrected chi connectivity index (χ3v) is 4.37. The summed E-state index contributed by atoms with van der Waals surface area (Å²) in [6, 6.07) is 16.1. The van der Waals surface area contributed by atoms with Crippen molar-refractivity contribution < 1.29 is 9.53 Å². The van der Waals surface area contributed by atoms with Gasteiger partial charge in [-0.05, 0) is 43.9 Å². The lowest BCUT2D eigenvalue weighted by Gasteiger charge is -2.33. The fourth-order valence-corrected chi connectivity index (χ4v) is 3.08. The lowest BCUT2D eigenvalue weighted by Crippen LogP contribution is -2.45. The van der Waals surface area contributed by atoms with Crippen LogP contribution in [0, 0.1) is 6.92 Å². The van der Waals surface area contributed by atoms with E-state index in [1.54, 1.807) is 6.07 Å². The Morgan fingerprint density at radius 3 is 2.83 bits per heavy atom. The lowest BCUT2D eigenvalue weighted by atomic mass is 10.0. The highest BCUT2D eigenvalue weighted by Crippen LogP contribution is 2.15. The topological polar surface area (TPSA) is 42.4 Å². The van der Waals surface area contributed by atoms with E-state index in [0.717, 1.165) is 25.0 Å². The van der Waals surface area contributed by atoms with E-state index in [2.05, 4.69) is 29.2 Å². The van der Waals surface area contributed by atoms with Gasteiger partial charge in [0.25, 0.3) is 5.91 Å². The Morgan fingerprint density at radius 1 is 1.21 bits per heavy atom. The molecular formula is C20H24N2O2. The molecule has 4 heteroatoms. The molecule has 0 spiro atoms. The maximum atomic E-state index is 12.6. The third kappa shape index (κ3) is 4.42. The van der Waals surface area contributed by atoms with Crippen molar-refractivity contribution in [3.05, 3.63) is 65.5 Å². The zero-order chi connectivity index (χ0) is 16.8. The average Bonchev–Trinajstić information content (AvgIpc) is 2.62. The van der Waals surface area contributed by atoms with Gasteiger partial charge >= 0.3 is 0 Å². The van der Waals surface area contributed by atoms with Gasteiger partial charge in [-0.2, -0.15) is 0 Å². The van der Waals surface area contributed by atoms with Crippen LogP contribution in [0.15, 0.2) is 48.5 Å². The number of ether oxygens (including phenoxy) is 1. The largest absolute Gasteiger partial charge is 0.375 e. The Kier molecular flexibility index (Phi) is 5.59. The summed E-state index contributed by atoms with van der Waals surface area (Å²) in [5.74, 6) is 0.00931. The van der Waals surface area contributed by atoms with E-state index in [1.165, 1.54) is 5.56 Å². The summed E-state index contributed by atoms with van der Waals surface area (Å²) in [6.45, 7) is 3.81. The molecule has 4 nitrogen and oxygen atoms in total. The van der Waals surface area contributed by atoms with Gasteiger partial charge in [0.15, 0.2) is 0 Å². The van der Waals surface area contributed by atoms with Crippen LogP contribution in [-0.4, -0.2) is 41.6 Å². The molecule has 0 bridgehead atoms. The van der Waals surface area contributed by atoms with Gasteiger partial charge in [0.2, 0.25) is 0 Å². The number of pyridine rings is 1. The van der Waals surface area contributed by atoms with Crippen LogP contribution in [-0.2, 0) is 11.2 Å². The SMILES string of the molecule is Cc1cccc(C(=O)N2CCO[C@H](CCCc3ccccc3)C2)n1. The highest BCUT2D eigenvalue weighted by atomic mass is 16.5. The predicted octanol–water partition coefficient (Wildman–Crippen LogP) is 3.25. The van der Waals surface area contributed by atoms with E-state index in [0.29, 0.717) is 25.4 Å². The highest BCUT2D eigenvalue weighted by Gasteiger charge is 2.25. The molecule has 0 aliphatic carbocycles. The molecule has 1 aliphatic rings. The summed E-state index contributed by atoms with van der Waals surface area (Å²) >= 11 is 0. The van der Waals surface area contributed by atoms with E-state index in [-0.39, 0.29) is 12.0 Å². The second-order valence-electron chi connectivity index (χ2n) is 6.29. The molecule has 1 aromatic heterocycles. The minimum Gasteiger partial charge on any atom is -0.375 e. The number of aryl methyl sites for hydroxylation is 2. The molecule has 2 heterocycles. The highest BCUT2D eigenvalue weighted by molar-refractivity contribution is 5.92. The molecule has 1 aliphatic heterocycles. The van der Waals surface area contributed by atoms with Gasteiger partial charge in [-0.1, -0.05) is 36.4 Å². The van der Waals surface area contributed by atoms with E-state index in [9.17, 15) is 4.79 Å². The minimum atomic E-state index is 0.00931. The quantitative estimate of drug-likeness (QED) is 0.848. The van der Waals surface area contributed by atoms with Crippen LogP contribution in [0.3, 0.4) is 0 Å². The van der Waals surface area contributed by atoms with Crippen molar-refractivity contribution in [2.45, 2.75) is 32.3 Å². The van der Waals surface area contributed by atoms with Crippen LogP contribution in [0.25, 0.3) is 0 Å². The van der Waals surface area contributed by atoms with Gasteiger partial charge in [0.1, 0.15) is 5.69 Å². The van der Waals surface area contributed by atoms with Crippen LogP contribution >= 0.6 is 0 Å². The Hall–Kier alpha value is -2.20. The summed E-state index contributed by atoms with van der Waals surface area (Å²) < 4.78 is 5.84. The number of benzene rings is 1. The smallest absolute Gasteiger partial charge is 0.272 e. The molecular weight excluding hydrogens is 300 g/mol. The van der Waals surface area contributed by atoms with Crippen molar-refractivity contribution in [3.8, 4) is 0 Å². The summed E-state index contributed by atoms with van der Waals surface area (Å²) in [6.07, 6.45) is 3.21. The van der Waals surface area contributed by atoms with Crippen LogP contribution in [0.2, 0.25) is 0 Å². The van der Waals surface area contributed by atoms with Crippen molar-refractivity contribution in [1.82, 2.24) is 9.88 Å². The van der Waals surface area contributed by atoms with Crippen LogP contribution in [0.4, 0.5) is 0 Å². The number of carbonyl (C=O) groups is 1. The summed E-state index contributed by atoms with van der Waals surface area (Å²) in [7, 11) is 0. The molecule has 0 unspecified atom stereocenters. The van der Waals surface area contributed by atoms with Gasteiger partial charge in [-0.3, -0.25) is 4.79 Å². The van der Waals surface area contributed by atoms with Gasteiger partial charge in [-0.15, -0.1) is 0 Å². The van der Waals surface area contributed by atoms with E-state index in [1.807, 2.05) is 30.0 Å². The van der Waals surface area contributed by atoms with Crippen LogP contribution in [0.1, 0.15) is 34.6 Å². The van der Waals surface area contributed by atoms with Crippen molar-refractivity contribution >= 4 is 5.91 Å². The number of nitrogens with zero attached hydrogens (tertiary/aromatic N) is 2. The Morgan fingerprint density at radius 2 is 2.04 bits per heavy atom. The Labute approximate surface area is 143 Å². The first kappa shape index (κ1) is 16.7. The summed E-state index contributed by atoms with van der Waals surface area (Å²) in [4.78, 5) is 18.8. The standard InChI is InChI=1S/C20H24N2O2/c1-16-7-5-12-19(21-16)20(23)22-13-14-24-18(15-22)11-6-10-17-8-3-2-4-9-17/h2-5,7-9,12,18H,6,10-11,13-15H2,1H3/t18-/m1/s1. The van der Waals surface area contributed by atoms with Gasteiger partial charge in [-0.25, -0.2) is 4.98 Å². The van der Waals surface area contributed by atoms with Crippen molar-refractivity contribution in [2.75, 3.05) is 19.7 Å². The van der Waals surface area contributed by atoms with Crippen molar-refractivity contribution in [3.63, 3.8) is 0 Å². The third-order valence-electron chi connectivity index (χ3n) is 4.37. The minimum absolute atomic E-state index is 0.00931. The molecule has 0 radical (unpaired) electrons. The van der Waals surface area contributed by atoms with Gasteiger partial charge in [0.05, 0.1) is 12.7 Å². The lowest BCUT2D eigenvalue weighted by molar-refractivity contribution is -0.0256. The summed E-state index contributed by atoms with van der Waals surface area (Å²) in [5.41, 5.74) is 2.75. The molecule has 1 amide bonds. The molecule has 0 saturated carbocycles. The number of hydrogen-bond acceptors (Lipinski definition) is 3. The fraction of sp³-hybridized carbons (Fsp3) is 0.400. The molecule has 1 saturated heterocycles. The van der Waals surface area contributed by atoms with Gasteiger partial charge in [0, 0.05) is 18.8 Å². The number of carbonyl (C=O) groups excluding carboxylic acids is 1. The average molecular weight is 324 g/mol. The molecule has 1 fully saturated rings. The van der Waals surface area contributed by atoms with Crippen molar-refractivity contribution in [2.24, 2.45) is 0 Å². The Balaban J connectivity index is 1.51. The molecule has 0 N–H and O–H groups in total. The van der Waals surface area contributed by atoms with E-state index >= 15 is 0 Å². The molecule has 1 atom stereocenters. The van der Waals surface area contributed by atoms with E-state index < -0.39 is 0 Å². The van der Waals surface area contributed by atoms with Crippen molar-refractivity contribution in [1.29, 1.82) is 0 Å². The van der Waals surface area contributed by atoms with Crippen LogP contribution < -0.4 is 0 Å². The zero-order valence-corrected chi connectivity index (χ0v) is 14.1. The Bertz CT molecular complexity index is 672. The normalized spacial score (nSPS) is 17.7. The number of aromatic nitrogens is 1.